The maximum Gasteiger partial charge on any atom is 0.336 e. The predicted octanol–water partition coefficient (Wildman–Crippen LogP) is 0.944. The van der Waals surface area contributed by atoms with Gasteiger partial charge in [-0.15, -0.1) is 0 Å². The van der Waals surface area contributed by atoms with Gasteiger partial charge in [0.25, 0.3) is 0 Å². The van der Waals surface area contributed by atoms with E-state index in [2.05, 4.69) is 10.1 Å². The molecule has 1 unspecified atom stereocenters. The molecular formula is C18H20F3N3O5. The summed E-state index contributed by atoms with van der Waals surface area (Å²) in [6.45, 7) is -1.47. The van der Waals surface area contributed by atoms with E-state index in [4.69, 9.17) is 16.2 Å². The fourth-order valence-electron chi connectivity index (χ4n) is 3.03. The molecule has 1 heterocycles. The molecule has 2 rings (SSSR count). The first-order valence-electron chi connectivity index (χ1n) is 8.40. The standard InChI is InChI=1S/C18H20F3N3O5/c1-28-18(27)14-10(6-19)24-11(7-29-5-4-22)13(17(25)26)15(14)12-8(20)2-3-9(23)16(12)21/h2-3,15,24H,4-7,22-23H2,1H3,(H,25,26). The van der Waals surface area contributed by atoms with Crippen LogP contribution in [0.3, 0.4) is 0 Å². The molecule has 1 atom stereocenters. The van der Waals surface area contributed by atoms with Crippen LogP contribution in [0.2, 0.25) is 0 Å². The number of carboxylic acid groups (broad SMARTS) is 1. The number of dihydropyridines is 1. The molecule has 0 radical (unpaired) electrons. The van der Waals surface area contributed by atoms with Crippen molar-refractivity contribution in [2.45, 2.75) is 5.92 Å². The van der Waals surface area contributed by atoms with Gasteiger partial charge in [-0.2, -0.15) is 0 Å². The Kier molecular flexibility index (Phi) is 7.23. The number of anilines is 1. The number of nitrogen functional groups attached to an aromatic ring is 1. The van der Waals surface area contributed by atoms with Crippen LogP contribution < -0.4 is 16.8 Å². The van der Waals surface area contributed by atoms with Crippen molar-refractivity contribution in [2.75, 3.05) is 39.3 Å². The highest BCUT2D eigenvalue weighted by atomic mass is 19.1. The highest BCUT2D eigenvalue weighted by molar-refractivity contribution is 5.99. The lowest BCUT2D eigenvalue weighted by Gasteiger charge is -2.31. The zero-order valence-corrected chi connectivity index (χ0v) is 15.4. The van der Waals surface area contributed by atoms with Gasteiger partial charge in [-0.3, -0.25) is 0 Å². The molecule has 0 aromatic heterocycles. The normalized spacial score (nSPS) is 16.7. The summed E-state index contributed by atoms with van der Waals surface area (Å²) >= 11 is 0. The number of methoxy groups -OCH3 is 1. The number of allylic oxidation sites excluding steroid dienone is 1. The number of carbonyl (C=O) groups is 2. The second kappa shape index (κ2) is 9.43. The number of hydrogen-bond donors (Lipinski definition) is 4. The molecule has 0 aliphatic carbocycles. The summed E-state index contributed by atoms with van der Waals surface area (Å²) in [5.41, 5.74) is 7.76. The number of aliphatic carboxylic acids is 1. The number of halogens is 3. The molecule has 0 bridgehead atoms. The van der Waals surface area contributed by atoms with Gasteiger partial charge in [0.2, 0.25) is 0 Å². The van der Waals surface area contributed by atoms with Gasteiger partial charge in [-0.25, -0.2) is 22.8 Å². The van der Waals surface area contributed by atoms with Gasteiger partial charge < -0.3 is 31.4 Å². The zero-order valence-electron chi connectivity index (χ0n) is 15.4. The summed E-state index contributed by atoms with van der Waals surface area (Å²) < 4.78 is 52.9. The summed E-state index contributed by atoms with van der Waals surface area (Å²) in [6, 6.07) is 1.77. The molecule has 0 fully saturated rings. The molecule has 8 nitrogen and oxygen atoms in total. The number of ether oxygens (including phenoxy) is 2. The summed E-state index contributed by atoms with van der Waals surface area (Å²) in [4.78, 5) is 24.4. The van der Waals surface area contributed by atoms with Gasteiger partial charge in [-0.1, -0.05) is 0 Å². The third-order valence-corrected chi connectivity index (χ3v) is 4.25. The van der Waals surface area contributed by atoms with E-state index >= 15 is 0 Å². The summed E-state index contributed by atoms with van der Waals surface area (Å²) in [6.07, 6.45) is 0. The maximum atomic E-state index is 14.8. The first kappa shape index (κ1) is 22.2. The van der Waals surface area contributed by atoms with Crippen LogP contribution in [0.5, 0.6) is 0 Å². The molecule has 29 heavy (non-hydrogen) atoms. The van der Waals surface area contributed by atoms with E-state index in [0.717, 1.165) is 19.2 Å². The molecule has 0 saturated heterocycles. The Morgan fingerprint density at radius 3 is 2.48 bits per heavy atom. The van der Waals surface area contributed by atoms with E-state index in [0.29, 0.717) is 0 Å². The van der Waals surface area contributed by atoms with E-state index in [1.165, 1.54) is 0 Å². The van der Waals surface area contributed by atoms with E-state index < -0.39 is 64.3 Å². The number of nitrogens with one attached hydrogen (secondary N) is 1. The minimum absolute atomic E-state index is 0.0439. The Morgan fingerprint density at radius 2 is 1.93 bits per heavy atom. The third kappa shape index (κ3) is 4.35. The van der Waals surface area contributed by atoms with Crippen LogP contribution in [0.1, 0.15) is 11.5 Å². The SMILES string of the molecule is COC(=O)C1=C(CF)NC(COCCN)=C(C(=O)O)C1c1c(F)ccc(N)c1F. The molecule has 6 N–H and O–H groups in total. The molecule has 11 heteroatoms. The van der Waals surface area contributed by atoms with Crippen molar-refractivity contribution in [1.29, 1.82) is 0 Å². The Balaban J connectivity index is 2.82. The highest BCUT2D eigenvalue weighted by Gasteiger charge is 2.42. The smallest absolute Gasteiger partial charge is 0.336 e. The average Bonchev–Trinajstić information content (AvgIpc) is 2.69. The summed E-state index contributed by atoms with van der Waals surface area (Å²) in [7, 11) is 0.971. The lowest BCUT2D eigenvalue weighted by Crippen LogP contribution is -2.36. The zero-order chi connectivity index (χ0) is 21.7. The predicted molar refractivity (Wildman–Crippen MR) is 96.2 cm³/mol. The molecule has 1 aromatic rings. The van der Waals surface area contributed by atoms with Gasteiger partial charge in [0, 0.05) is 12.1 Å². The number of alkyl halides is 1. The fraction of sp³-hybridized carbons (Fsp3) is 0.333. The lowest BCUT2D eigenvalue weighted by molar-refractivity contribution is -0.136. The molecular weight excluding hydrogens is 395 g/mol. The Morgan fingerprint density at radius 1 is 1.24 bits per heavy atom. The topological polar surface area (TPSA) is 137 Å². The minimum Gasteiger partial charge on any atom is -0.478 e. The molecule has 1 aromatic carbocycles. The first-order chi connectivity index (χ1) is 13.8. The second-order valence-corrected chi connectivity index (χ2v) is 5.98. The quantitative estimate of drug-likeness (QED) is 0.280. The van der Waals surface area contributed by atoms with E-state index in [9.17, 15) is 27.9 Å². The van der Waals surface area contributed by atoms with E-state index in [1.807, 2.05) is 0 Å². The van der Waals surface area contributed by atoms with Gasteiger partial charge in [0.05, 0.1) is 54.5 Å². The summed E-state index contributed by atoms with van der Waals surface area (Å²) in [5, 5.41) is 12.2. The monoisotopic (exact) mass is 415 g/mol. The first-order valence-corrected chi connectivity index (χ1v) is 8.40. The van der Waals surface area contributed by atoms with Gasteiger partial charge in [0.1, 0.15) is 12.5 Å². The molecule has 0 spiro atoms. The number of hydrogen-bond acceptors (Lipinski definition) is 7. The number of benzene rings is 1. The van der Waals surface area contributed by atoms with Crippen LogP contribution in [-0.2, 0) is 19.1 Å². The van der Waals surface area contributed by atoms with Crippen LogP contribution in [0, 0.1) is 11.6 Å². The van der Waals surface area contributed by atoms with Gasteiger partial charge in [0.15, 0.2) is 5.82 Å². The van der Waals surface area contributed by atoms with Crippen molar-refractivity contribution in [3.05, 3.63) is 51.9 Å². The Bertz CT molecular complexity index is 886. The van der Waals surface area contributed by atoms with Crippen LogP contribution in [-0.4, -0.2) is 50.6 Å². The molecule has 158 valence electrons. The van der Waals surface area contributed by atoms with Crippen LogP contribution >= 0.6 is 0 Å². The van der Waals surface area contributed by atoms with Gasteiger partial charge >= 0.3 is 11.9 Å². The van der Waals surface area contributed by atoms with Crippen molar-refractivity contribution in [3.63, 3.8) is 0 Å². The number of carboxylic acids is 1. The number of rotatable bonds is 8. The van der Waals surface area contributed by atoms with Crippen LogP contribution in [0.25, 0.3) is 0 Å². The third-order valence-electron chi connectivity index (χ3n) is 4.25. The summed E-state index contributed by atoms with van der Waals surface area (Å²) in [5.74, 6) is -7.01. The number of carbonyl (C=O) groups excluding carboxylic acids is 1. The molecule has 0 saturated carbocycles. The van der Waals surface area contributed by atoms with Crippen molar-refractivity contribution in [3.8, 4) is 0 Å². The Hall–Kier alpha value is -3.05. The van der Waals surface area contributed by atoms with Crippen molar-refractivity contribution in [2.24, 2.45) is 5.73 Å². The molecule has 0 amide bonds. The van der Waals surface area contributed by atoms with Gasteiger partial charge in [-0.05, 0) is 12.1 Å². The minimum atomic E-state index is -1.83. The molecule has 1 aliphatic heterocycles. The number of nitrogens with two attached hydrogens (primary N) is 2. The van der Waals surface area contributed by atoms with Crippen LogP contribution in [0.4, 0.5) is 18.9 Å². The van der Waals surface area contributed by atoms with E-state index in [-0.39, 0.29) is 25.5 Å². The number of esters is 1. The maximum absolute atomic E-state index is 14.8. The van der Waals surface area contributed by atoms with Crippen molar-refractivity contribution in [1.82, 2.24) is 5.32 Å². The Labute approximate surface area is 163 Å². The fourth-order valence-corrected chi connectivity index (χ4v) is 3.03. The highest BCUT2D eigenvalue weighted by Crippen LogP contribution is 2.42. The van der Waals surface area contributed by atoms with Crippen molar-refractivity contribution < 1.29 is 37.3 Å². The van der Waals surface area contributed by atoms with Crippen LogP contribution in [0.15, 0.2) is 34.7 Å². The largest absolute Gasteiger partial charge is 0.478 e. The second-order valence-electron chi connectivity index (χ2n) is 5.98. The van der Waals surface area contributed by atoms with Crippen molar-refractivity contribution >= 4 is 17.6 Å². The lowest BCUT2D eigenvalue weighted by atomic mass is 9.79. The average molecular weight is 415 g/mol. The van der Waals surface area contributed by atoms with E-state index in [1.54, 1.807) is 0 Å². The molecule has 1 aliphatic rings.